The third-order valence-corrected chi connectivity index (χ3v) is 2.12. The quantitative estimate of drug-likeness (QED) is 0.574. The Kier molecular flexibility index (Phi) is 4.39. The lowest BCUT2D eigenvalue weighted by molar-refractivity contribution is -0.134. The lowest BCUT2D eigenvalue weighted by Gasteiger charge is -2.13. The van der Waals surface area contributed by atoms with Gasteiger partial charge in [-0.3, -0.25) is 0 Å². The molecule has 0 unspecified atom stereocenters. The molecule has 0 fully saturated rings. The number of nitrogens with zero attached hydrogens (tertiary/aromatic N) is 1. The Morgan fingerprint density at radius 3 is 2.38 bits per heavy atom. The van der Waals surface area contributed by atoms with Gasteiger partial charge in [-0.05, 0) is 24.3 Å². The average molecular weight is 221 g/mol. The van der Waals surface area contributed by atoms with E-state index in [1.807, 2.05) is 36.2 Å². The maximum atomic E-state index is 10.9. The molecular weight excluding hydrogens is 206 g/mol. The highest BCUT2D eigenvalue weighted by Gasteiger charge is 1.98. The van der Waals surface area contributed by atoms with Gasteiger partial charge in [-0.1, -0.05) is 0 Å². The Hall–Kier alpha value is -1.97. The molecule has 0 aliphatic heterocycles. The molecule has 16 heavy (non-hydrogen) atoms. The summed E-state index contributed by atoms with van der Waals surface area (Å²) in [5, 5.41) is 0. The van der Waals surface area contributed by atoms with E-state index in [-0.39, 0.29) is 5.97 Å². The standard InChI is InChI=1S/C12H15NO3/c1-13(9-8-12(14)16-3)10-4-6-11(15-2)7-5-10/h4-9H,1-3H3. The Balaban J connectivity index is 2.69. The molecule has 1 rings (SSSR count). The van der Waals surface area contributed by atoms with E-state index >= 15 is 0 Å². The second-order valence-electron chi connectivity index (χ2n) is 3.15. The first kappa shape index (κ1) is 12.1. The monoisotopic (exact) mass is 221 g/mol. The molecule has 0 spiro atoms. The fraction of sp³-hybridized carbons (Fsp3) is 0.250. The van der Waals surface area contributed by atoms with Gasteiger partial charge < -0.3 is 14.4 Å². The normalized spacial score (nSPS) is 10.2. The molecule has 0 heterocycles. The molecule has 0 amide bonds. The summed E-state index contributed by atoms with van der Waals surface area (Å²) in [4.78, 5) is 12.7. The van der Waals surface area contributed by atoms with Gasteiger partial charge in [0.1, 0.15) is 5.75 Å². The maximum absolute atomic E-state index is 10.9. The van der Waals surface area contributed by atoms with Gasteiger partial charge in [-0.25, -0.2) is 4.79 Å². The minimum Gasteiger partial charge on any atom is -0.497 e. The van der Waals surface area contributed by atoms with Crippen LogP contribution in [0.5, 0.6) is 5.75 Å². The summed E-state index contributed by atoms with van der Waals surface area (Å²) < 4.78 is 9.55. The number of hydrogen-bond acceptors (Lipinski definition) is 4. The number of carbonyl (C=O) groups is 1. The second-order valence-corrected chi connectivity index (χ2v) is 3.15. The fourth-order valence-electron chi connectivity index (χ4n) is 1.14. The van der Waals surface area contributed by atoms with Crippen LogP contribution in [0.25, 0.3) is 0 Å². The van der Waals surface area contributed by atoms with Crippen LogP contribution < -0.4 is 9.64 Å². The van der Waals surface area contributed by atoms with Gasteiger partial charge in [0.2, 0.25) is 0 Å². The molecule has 4 nitrogen and oxygen atoms in total. The van der Waals surface area contributed by atoms with E-state index in [0.29, 0.717) is 0 Å². The summed E-state index contributed by atoms with van der Waals surface area (Å²) >= 11 is 0. The van der Waals surface area contributed by atoms with Crippen LogP contribution in [0.15, 0.2) is 36.5 Å². The van der Waals surface area contributed by atoms with Crippen molar-refractivity contribution < 1.29 is 14.3 Å². The lowest BCUT2D eigenvalue weighted by Crippen LogP contribution is -2.09. The number of esters is 1. The molecule has 0 bridgehead atoms. The van der Waals surface area contributed by atoms with Gasteiger partial charge >= 0.3 is 5.97 Å². The van der Waals surface area contributed by atoms with Gasteiger partial charge in [-0.15, -0.1) is 0 Å². The minimum absolute atomic E-state index is 0.375. The SMILES string of the molecule is COC(=O)C=CN(C)c1ccc(OC)cc1. The van der Waals surface area contributed by atoms with Crippen molar-refractivity contribution in [3.05, 3.63) is 36.5 Å². The number of hydrogen-bond donors (Lipinski definition) is 0. The zero-order valence-electron chi connectivity index (χ0n) is 9.64. The van der Waals surface area contributed by atoms with Crippen LogP contribution in [0.2, 0.25) is 0 Å². The molecule has 0 aromatic heterocycles. The number of anilines is 1. The van der Waals surface area contributed by atoms with Gasteiger partial charge in [0.05, 0.1) is 14.2 Å². The molecule has 0 radical (unpaired) electrons. The summed E-state index contributed by atoms with van der Waals surface area (Å²) in [5.74, 6) is 0.425. The summed E-state index contributed by atoms with van der Waals surface area (Å²) in [6.45, 7) is 0. The number of methoxy groups -OCH3 is 2. The van der Waals surface area contributed by atoms with E-state index in [4.69, 9.17) is 4.74 Å². The third-order valence-electron chi connectivity index (χ3n) is 2.12. The van der Waals surface area contributed by atoms with Crippen molar-refractivity contribution in [2.75, 3.05) is 26.2 Å². The van der Waals surface area contributed by atoms with Crippen LogP contribution in [-0.2, 0) is 9.53 Å². The Bertz CT molecular complexity index is 370. The number of benzene rings is 1. The zero-order valence-corrected chi connectivity index (χ0v) is 9.64. The molecule has 0 saturated carbocycles. The van der Waals surface area contributed by atoms with Gasteiger partial charge in [0.25, 0.3) is 0 Å². The van der Waals surface area contributed by atoms with Crippen LogP contribution in [0.4, 0.5) is 5.69 Å². The molecule has 0 saturated heterocycles. The van der Waals surface area contributed by atoms with Crippen LogP contribution >= 0.6 is 0 Å². The fourth-order valence-corrected chi connectivity index (χ4v) is 1.14. The van der Waals surface area contributed by atoms with E-state index in [9.17, 15) is 4.79 Å². The highest BCUT2D eigenvalue weighted by atomic mass is 16.5. The molecule has 0 aliphatic rings. The predicted molar refractivity (Wildman–Crippen MR) is 62.6 cm³/mol. The summed E-state index contributed by atoms with van der Waals surface area (Å²) in [7, 11) is 4.82. The van der Waals surface area contributed by atoms with E-state index in [0.717, 1.165) is 11.4 Å². The van der Waals surface area contributed by atoms with Crippen molar-refractivity contribution in [2.24, 2.45) is 0 Å². The van der Waals surface area contributed by atoms with Gasteiger partial charge in [-0.2, -0.15) is 0 Å². The Morgan fingerprint density at radius 2 is 1.88 bits per heavy atom. The molecule has 0 N–H and O–H groups in total. The lowest BCUT2D eigenvalue weighted by atomic mass is 10.3. The van der Waals surface area contributed by atoms with E-state index in [1.54, 1.807) is 13.3 Å². The number of carbonyl (C=O) groups excluding carboxylic acids is 1. The Morgan fingerprint density at radius 1 is 1.25 bits per heavy atom. The molecule has 1 aromatic rings. The molecule has 0 atom stereocenters. The highest BCUT2D eigenvalue weighted by molar-refractivity contribution is 5.82. The average Bonchev–Trinajstić information content (AvgIpc) is 2.35. The topological polar surface area (TPSA) is 38.8 Å². The number of rotatable bonds is 4. The first-order chi connectivity index (χ1) is 7.67. The van der Waals surface area contributed by atoms with Crippen molar-refractivity contribution in [3.8, 4) is 5.75 Å². The first-order valence-electron chi connectivity index (χ1n) is 4.80. The predicted octanol–water partition coefficient (Wildman–Crippen LogP) is 1.82. The van der Waals surface area contributed by atoms with Crippen LogP contribution in [0, 0.1) is 0 Å². The third kappa shape index (κ3) is 3.31. The molecule has 1 aromatic carbocycles. The molecule has 4 heteroatoms. The van der Waals surface area contributed by atoms with Crippen LogP contribution in [-0.4, -0.2) is 27.2 Å². The minimum atomic E-state index is -0.375. The zero-order chi connectivity index (χ0) is 12.0. The summed E-state index contributed by atoms with van der Waals surface area (Å²) in [5.41, 5.74) is 0.959. The van der Waals surface area contributed by atoms with Gasteiger partial charge in [0, 0.05) is 25.0 Å². The van der Waals surface area contributed by atoms with Crippen LogP contribution in [0.1, 0.15) is 0 Å². The maximum Gasteiger partial charge on any atom is 0.331 e. The first-order valence-corrected chi connectivity index (χ1v) is 4.80. The largest absolute Gasteiger partial charge is 0.497 e. The number of ether oxygens (including phenoxy) is 2. The van der Waals surface area contributed by atoms with Crippen LogP contribution in [0.3, 0.4) is 0 Å². The Labute approximate surface area is 95.1 Å². The molecule has 0 aliphatic carbocycles. The van der Waals surface area contributed by atoms with E-state index in [2.05, 4.69) is 4.74 Å². The van der Waals surface area contributed by atoms with Crippen molar-refractivity contribution in [3.63, 3.8) is 0 Å². The smallest absolute Gasteiger partial charge is 0.331 e. The van der Waals surface area contributed by atoms with Crippen molar-refractivity contribution in [2.45, 2.75) is 0 Å². The summed E-state index contributed by atoms with van der Waals surface area (Å²) in [6.07, 6.45) is 3.01. The van der Waals surface area contributed by atoms with Crippen molar-refractivity contribution in [1.29, 1.82) is 0 Å². The van der Waals surface area contributed by atoms with E-state index < -0.39 is 0 Å². The van der Waals surface area contributed by atoms with Gasteiger partial charge in [0.15, 0.2) is 0 Å². The second kappa shape index (κ2) is 5.80. The van der Waals surface area contributed by atoms with Crippen molar-refractivity contribution in [1.82, 2.24) is 0 Å². The highest BCUT2D eigenvalue weighted by Crippen LogP contribution is 2.18. The van der Waals surface area contributed by atoms with Crippen molar-refractivity contribution >= 4 is 11.7 Å². The molecular formula is C12H15NO3. The van der Waals surface area contributed by atoms with E-state index in [1.165, 1.54) is 13.2 Å². The summed E-state index contributed by atoms with van der Waals surface area (Å²) in [6, 6.07) is 7.52. The molecule has 86 valence electrons.